The Morgan fingerprint density at radius 2 is 1.65 bits per heavy atom. The molecule has 0 amide bonds. The van der Waals surface area contributed by atoms with Gasteiger partial charge < -0.3 is 0 Å². The van der Waals surface area contributed by atoms with Crippen molar-refractivity contribution in [2.24, 2.45) is 0 Å². The van der Waals surface area contributed by atoms with E-state index in [1.54, 1.807) is 22.9 Å². The third kappa shape index (κ3) is 3.60. The highest BCUT2D eigenvalue weighted by Crippen LogP contribution is 2.18. The largest absolute Gasteiger partial charge is 0.287 e. The maximum absolute atomic E-state index is 12.4. The number of halogens is 1. The third-order valence-corrected chi connectivity index (χ3v) is 3.47. The average molecular weight is 374 g/mol. The van der Waals surface area contributed by atoms with E-state index in [1.165, 1.54) is 12.1 Å². The van der Waals surface area contributed by atoms with Crippen LogP contribution in [0, 0.1) is 10.1 Å². The van der Waals surface area contributed by atoms with E-state index in [0.29, 0.717) is 0 Å². The standard InChI is InChI=1S/C17H13N2O3.BrH/c20-17(15-7-3-4-8-16(15)19(21)22)12-18-10-9-13-5-1-2-6-14(13)11-18;/h1-11H,12H2;1H/q+1;. The molecule has 1 heterocycles. The van der Waals surface area contributed by atoms with Gasteiger partial charge in [0, 0.05) is 17.5 Å². The van der Waals surface area contributed by atoms with Crippen molar-refractivity contribution < 1.29 is 14.3 Å². The first-order valence-electron chi connectivity index (χ1n) is 6.79. The van der Waals surface area contributed by atoms with Crippen molar-refractivity contribution in [2.45, 2.75) is 6.54 Å². The van der Waals surface area contributed by atoms with Crippen LogP contribution in [-0.2, 0) is 6.54 Å². The summed E-state index contributed by atoms with van der Waals surface area (Å²) in [5.74, 6) is -0.285. The molecule has 0 fully saturated rings. The van der Waals surface area contributed by atoms with E-state index in [4.69, 9.17) is 0 Å². The molecule has 0 atom stereocenters. The van der Waals surface area contributed by atoms with Crippen LogP contribution in [0.15, 0.2) is 67.0 Å². The lowest BCUT2D eigenvalue weighted by Gasteiger charge is -2.01. The molecule has 1 aromatic heterocycles. The Bertz CT molecular complexity index is 880. The molecule has 6 heteroatoms. The summed E-state index contributed by atoms with van der Waals surface area (Å²) in [4.78, 5) is 22.8. The molecule has 0 N–H and O–H groups in total. The second-order valence-electron chi connectivity index (χ2n) is 4.94. The normalized spacial score (nSPS) is 10.1. The highest BCUT2D eigenvalue weighted by Gasteiger charge is 2.22. The van der Waals surface area contributed by atoms with Gasteiger partial charge in [-0.1, -0.05) is 30.3 Å². The highest BCUT2D eigenvalue weighted by molar-refractivity contribution is 8.93. The number of nitro groups is 1. The Kier molecular flexibility index (Phi) is 5.18. The van der Waals surface area contributed by atoms with Gasteiger partial charge in [-0.25, -0.2) is 0 Å². The SMILES string of the molecule is Br.O=C(C[n+]1ccc2ccccc2c1)c1ccccc1[N+](=O)[O-]. The van der Waals surface area contributed by atoms with Gasteiger partial charge in [0.1, 0.15) is 5.56 Å². The molecule has 116 valence electrons. The molecule has 3 aromatic rings. The summed E-state index contributed by atoms with van der Waals surface area (Å²) in [6.07, 6.45) is 3.66. The van der Waals surface area contributed by atoms with Crippen molar-refractivity contribution >= 4 is 39.2 Å². The van der Waals surface area contributed by atoms with Crippen LogP contribution in [0.5, 0.6) is 0 Å². The molecule has 5 nitrogen and oxygen atoms in total. The van der Waals surface area contributed by atoms with Gasteiger partial charge in [0.05, 0.1) is 4.92 Å². The number of aromatic nitrogens is 1. The number of ketones is 1. The van der Waals surface area contributed by atoms with Crippen LogP contribution in [-0.4, -0.2) is 10.7 Å². The van der Waals surface area contributed by atoms with Crippen molar-refractivity contribution in [2.75, 3.05) is 0 Å². The average Bonchev–Trinajstić information content (AvgIpc) is 2.54. The lowest BCUT2D eigenvalue weighted by molar-refractivity contribution is -0.681. The lowest BCUT2D eigenvalue weighted by Crippen LogP contribution is -2.37. The number of para-hydroxylation sites is 1. The number of benzene rings is 2. The monoisotopic (exact) mass is 373 g/mol. The van der Waals surface area contributed by atoms with Crippen molar-refractivity contribution in [1.29, 1.82) is 0 Å². The van der Waals surface area contributed by atoms with Crippen molar-refractivity contribution in [3.8, 4) is 0 Å². The van der Waals surface area contributed by atoms with E-state index in [1.807, 2.05) is 36.5 Å². The Labute approximate surface area is 143 Å². The van der Waals surface area contributed by atoms with Crippen molar-refractivity contribution in [3.63, 3.8) is 0 Å². The first-order valence-corrected chi connectivity index (χ1v) is 6.79. The predicted octanol–water partition coefficient (Wildman–Crippen LogP) is 3.50. The zero-order valence-corrected chi connectivity index (χ0v) is 13.8. The van der Waals surface area contributed by atoms with Gasteiger partial charge in [0.2, 0.25) is 12.3 Å². The molecule has 0 saturated heterocycles. The van der Waals surface area contributed by atoms with Crippen LogP contribution in [0.25, 0.3) is 10.8 Å². The Morgan fingerprint density at radius 3 is 2.39 bits per heavy atom. The molecule has 0 aliphatic rings. The van der Waals surface area contributed by atoms with Crippen LogP contribution >= 0.6 is 17.0 Å². The maximum atomic E-state index is 12.4. The van der Waals surface area contributed by atoms with Gasteiger partial charge in [0.15, 0.2) is 12.4 Å². The maximum Gasteiger partial charge on any atom is 0.280 e. The highest BCUT2D eigenvalue weighted by atomic mass is 79.9. The summed E-state index contributed by atoms with van der Waals surface area (Å²) in [6, 6.07) is 15.8. The van der Waals surface area contributed by atoms with Crippen LogP contribution in [0.2, 0.25) is 0 Å². The minimum atomic E-state index is -0.529. The molecular weight excluding hydrogens is 360 g/mol. The van der Waals surface area contributed by atoms with Crippen LogP contribution in [0.3, 0.4) is 0 Å². The van der Waals surface area contributed by atoms with Gasteiger partial charge in [-0.3, -0.25) is 14.9 Å². The summed E-state index contributed by atoms with van der Waals surface area (Å²) < 4.78 is 1.74. The number of nitro benzene ring substituents is 1. The number of nitrogens with zero attached hydrogens (tertiary/aromatic N) is 2. The quantitative estimate of drug-likeness (QED) is 0.304. The lowest BCUT2D eigenvalue weighted by atomic mass is 10.1. The summed E-state index contributed by atoms with van der Waals surface area (Å²) in [6.45, 7) is 0.0652. The summed E-state index contributed by atoms with van der Waals surface area (Å²) in [7, 11) is 0. The number of hydrogen-bond acceptors (Lipinski definition) is 3. The fourth-order valence-electron chi connectivity index (χ4n) is 2.40. The number of hydrogen-bond donors (Lipinski definition) is 0. The molecular formula is C17H14BrN2O3+. The van der Waals surface area contributed by atoms with Crippen molar-refractivity contribution in [1.82, 2.24) is 0 Å². The first-order chi connectivity index (χ1) is 10.6. The van der Waals surface area contributed by atoms with Gasteiger partial charge in [0.25, 0.3) is 5.69 Å². The zero-order chi connectivity index (χ0) is 15.5. The summed E-state index contributed by atoms with van der Waals surface area (Å²) in [5.41, 5.74) is -0.0259. The van der Waals surface area contributed by atoms with Gasteiger partial charge in [-0.15, -0.1) is 17.0 Å². The zero-order valence-electron chi connectivity index (χ0n) is 12.1. The molecule has 0 spiro atoms. The topological polar surface area (TPSA) is 64.1 Å². The molecule has 0 unspecified atom stereocenters. The van der Waals surface area contributed by atoms with Gasteiger partial charge >= 0.3 is 0 Å². The van der Waals surface area contributed by atoms with E-state index in [2.05, 4.69) is 0 Å². The number of pyridine rings is 1. The summed E-state index contributed by atoms with van der Waals surface area (Å²) in [5, 5.41) is 13.1. The van der Waals surface area contributed by atoms with E-state index in [0.717, 1.165) is 10.8 Å². The minimum absolute atomic E-state index is 0. The summed E-state index contributed by atoms with van der Waals surface area (Å²) >= 11 is 0. The first kappa shape index (κ1) is 16.8. The Morgan fingerprint density at radius 1 is 1.00 bits per heavy atom. The molecule has 0 aliphatic carbocycles. The number of rotatable bonds is 4. The smallest absolute Gasteiger partial charge is 0.280 e. The van der Waals surface area contributed by atoms with Crippen molar-refractivity contribution in [3.05, 3.63) is 82.7 Å². The fraction of sp³-hybridized carbons (Fsp3) is 0.0588. The molecule has 23 heavy (non-hydrogen) atoms. The van der Waals surface area contributed by atoms with Crippen LogP contribution in [0.4, 0.5) is 5.69 Å². The molecule has 3 rings (SSSR count). The number of carbonyl (C=O) groups is 1. The van der Waals surface area contributed by atoms with E-state index in [-0.39, 0.29) is 40.6 Å². The van der Waals surface area contributed by atoms with E-state index < -0.39 is 4.92 Å². The molecule has 2 aromatic carbocycles. The molecule has 0 aliphatic heterocycles. The second-order valence-corrected chi connectivity index (χ2v) is 4.94. The second kappa shape index (κ2) is 7.11. The fourth-order valence-corrected chi connectivity index (χ4v) is 2.40. The number of carbonyl (C=O) groups excluding carboxylic acids is 1. The Hall–Kier alpha value is -2.60. The van der Waals surface area contributed by atoms with E-state index >= 15 is 0 Å². The molecule has 0 radical (unpaired) electrons. The number of fused-ring (bicyclic) bond motifs is 1. The van der Waals surface area contributed by atoms with Gasteiger partial charge in [-0.05, 0) is 17.5 Å². The molecule has 0 bridgehead atoms. The third-order valence-electron chi connectivity index (χ3n) is 3.47. The van der Waals surface area contributed by atoms with Crippen LogP contribution < -0.4 is 4.57 Å². The minimum Gasteiger partial charge on any atom is -0.287 e. The Balaban J connectivity index is 0.00000192. The number of Topliss-reactive ketones (excluding diaryl/α,β-unsaturated/α-hetero) is 1. The predicted molar refractivity (Wildman–Crippen MR) is 91.9 cm³/mol. The van der Waals surface area contributed by atoms with Crippen LogP contribution in [0.1, 0.15) is 10.4 Å². The van der Waals surface area contributed by atoms with Gasteiger partial charge in [-0.2, -0.15) is 4.57 Å². The van der Waals surface area contributed by atoms with E-state index in [9.17, 15) is 14.9 Å². The molecule has 0 saturated carbocycles.